The second-order valence-corrected chi connectivity index (χ2v) is 5.30. The Hall–Kier alpha value is -1.35. The molecule has 1 aromatic rings. The summed E-state index contributed by atoms with van der Waals surface area (Å²) in [6.07, 6.45) is 5.68. The number of aliphatic carboxylic acids is 1. The van der Waals surface area contributed by atoms with Crippen LogP contribution in [0, 0.1) is 0 Å². The van der Waals surface area contributed by atoms with Gasteiger partial charge < -0.3 is 5.11 Å². The van der Waals surface area contributed by atoms with Gasteiger partial charge in [-0.2, -0.15) is 0 Å². The molecule has 104 valence electrons. The van der Waals surface area contributed by atoms with Crippen LogP contribution in [0.2, 0.25) is 0 Å². The molecule has 2 atom stereocenters. The van der Waals surface area contributed by atoms with Crippen molar-refractivity contribution < 1.29 is 9.90 Å². The zero-order chi connectivity index (χ0) is 13.7. The molecule has 2 rings (SSSR count). The lowest BCUT2D eigenvalue weighted by molar-refractivity contribution is -0.144. The minimum Gasteiger partial charge on any atom is -0.480 e. The molecule has 3 nitrogen and oxygen atoms in total. The standard InChI is InChI=1S/C16H23NO2/c1-2-14-11-7-4-8-12-17(14)15(16(18)19)13-9-5-3-6-10-13/h3,5-6,9-10,14-15H,2,4,7-8,11-12H2,1H3,(H,18,19). The van der Waals surface area contributed by atoms with Gasteiger partial charge in [0.1, 0.15) is 6.04 Å². The molecule has 1 aromatic carbocycles. The number of likely N-dealkylation sites (tertiary alicyclic amines) is 1. The zero-order valence-corrected chi connectivity index (χ0v) is 11.6. The van der Waals surface area contributed by atoms with Gasteiger partial charge in [-0.05, 0) is 31.4 Å². The first-order valence-corrected chi connectivity index (χ1v) is 7.27. The average molecular weight is 261 g/mol. The second kappa shape index (κ2) is 6.71. The van der Waals surface area contributed by atoms with Gasteiger partial charge >= 0.3 is 5.97 Å². The maximum atomic E-state index is 11.7. The Morgan fingerprint density at radius 2 is 2.05 bits per heavy atom. The number of hydrogen-bond donors (Lipinski definition) is 1. The number of benzene rings is 1. The molecule has 0 aromatic heterocycles. The first-order valence-electron chi connectivity index (χ1n) is 7.27. The van der Waals surface area contributed by atoms with Gasteiger partial charge in [0.2, 0.25) is 0 Å². The van der Waals surface area contributed by atoms with Crippen molar-refractivity contribution in [3.63, 3.8) is 0 Å². The van der Waals surface area contributed by atoms with Crippen LogP contribution in [0.4, 0.5) is 0 Å². The van der Waals surface area contributed by atoms with Crippen LogP contribution in [-0.2, 0) is 4.79 Å². The van der Waals surface area contributed by atoms with Crippen molar-refractivity contribution in [2.45, 2.75) is 51.1 Å². The topological polar surface area (TPSA) is 40.5 Å². The lowest BCUT2D eigenvalue weighted by Gasteiger charge is -2.34. The van der Waals surface area contributed by atoms with Gasteiger partial charge in [-0.15, -0.1) is 0 Å². The number of hydrogen-bond acceptors (Lipinski definition) is 2. The average Bonchev–Trinajstić information content (AvgIpc) is 2.65. The smallest absolute Gasteiger partial charge is 0.325 e. The molecule has 0 spiro atoms. The molecule has 1 fully saturated rings. The van der Waals surface area contributed by atoms with Crippen molar-refractivity contribution in [2.24, 2.45) is 0 Å². The van der Waals surface area contributed by atoms with Gasteiger partial charge in [0.05, 0.1) is 0 Å². The van der Waals surface area contributed by atoms with Gasteiger partial charge in [0.25, 0.3) is 0 Å². The molecule has 1 heterocycles. The van der Waals surface area contributed by atoms with Crippen molar-refractivity contribution in [2.75, 3.05) is 6.54 Å². The highest BCUT2D eigenvalue weighted by Crippen LogP contribution is 2.29. The van der Waals surface area contributed by atoms with Gasteiger partial charge in [0, 0.05) is 6.04 Å². The van der Waals surface area contributed by atoms with E-state index in [2.05, 4.69) is 11.8 Å². The molecule has 0 radical (unpaired) electrons. The number of nitrogens with zero attached hydrogens (tertiary/aromatic N) is 1. The summed E-state index contributed by atoms with van der Waals surface area (Å²) in [4.78, 5) is 13.9. The minimum atomic E-state index is -0.730. The molecular formula is C16H23NO2. The number of rotatable bonds is 4. The fraction of sp³-hybridized carbons (Fsp3) is 0.562. The Morgan fingerprint density at radius 1 is 1.32 bits per heavy atom. The Morgan fingerprint density at radius 3 is 2.68 bits per heavy atom. The fourth-order valence-corrected chi connectivity index (χ4v) is 3.09. The number of carbonyl (C=O) groups is 1. The Kier molecular flexibility index (Phi) is 4.97. The van der Waals surface area contributed by atoms with Gasteiger partial charge in [-0.25, -0.2) is 0 Å². The predicted octanol–water partition coefficient (Wildman–Crippen LogP) is 3.47. The van der Waals surface area contributed by atoms with Crippen LogP contribution in [0.1, 0.15) is 50.6 Å². The van der Waals surface area contributed by atoms with Crippen LogP contribution in [0.15, 0.2) is 30.3 Å². The molecule has 0 aliphatic carbocycles. The van der Waals surface area contributed by atoms with E-state index < -0.39 is 12.0 Å². The van der Waals surface area contributed by atoms with E-state index in [1.807, 2.05) is 30.3 Å². The van der Waals surface area contributed by atoms with Crippen molar-refractivity contribution in [3.05, 3.63) is 35.9 Å². The Labute approximate surface area is 115 Å². The quantitative estimate of drug-likeness (QED) is 0.902. The molecule has 0 amide bonds. The summed E-state index contributed by atoms with van der Waals surface area (Å²) >= 11 is 0. The summed E-state index contributed by atoms with van der Waals surface area (Å²) < 4.78 is 0. The highest BCUT2D eigenvalue weighted by atomic mass is 16.4. The number of carboxylic acids is 1. The summed E-state index contributed by atoms with van der Waals surface area (Å²) in [5.41, 5.74) is 0.898. The van der Waals surface area contributed by atoms with E-state index in [-0.39, 0.29) is 0 Å². The molecular weight excluding hydrogens is 238 g/mol. The van der Waals surface area contributed by atoms with Gasteiger partial charge in [-0.3, -0.25) is 9.69 Å². The maximum Gasteiger partial charge on any atom is 0.325 e. The van der Waals surface area contributed by atoms with Crippen LogP contribution < -0.4 is 0 Å². The summed E-state index contributed by atoms with van der Waals surface area (Å²) in [5, 5.41) is 9.64. The van der Waals surface area contributed by atoms with Crippen molar-refractivity contribution in [3.8, 4) is 0 Å². The fourth-order valence-electron chi connectivity index (χ4n) is 3.09. The number of carboxylic acid groups (broad SMARTS) is 1. The van der Waals surface area contributed by atoms with Crippen molar-refractivity contribution in [1.82, 2.24) is 4.90 Å². The largest absolute Gasteiger partial charge is 0.480 e. The molecule has 1 saturated heterocycles. The van der Waals surface area contributed by atoms with E-state index in [4.69, 9.17) is 0 Å². The highest BCUT2D eigenvalue weighted by Gasteiger charge is 2.32. The third kappa shape index (κ3) is 3.35. The third-order valence-corrected chi connectivity index (χ3v) is 4.07. The first-order chi connectivity index (χ1) is 9.24. The first kappa shape index (κ1) is 14.1. The van der Waals surface area contributed by atoms with Crippen LogP contribution >= 0.6 is 0 Å². The van der Waals surface area contributed by atoms with Crippen LogP contribution in [0.3, 0.4) is 0 Å². The zero-order valence-electron chi connectivity index (χ0n) is 11.6. The van der Waals surface area contributed by atoms with E-state index in [1.165, 1.54) is 12.8 Å². The van der Waals surface area contributed by atoms with E-state index >= 15 is 0 Å². The molecule has 1 N–H and O–H groups in total. The van der Waals surface area contributed by atoms with E-state index in [9.17, 15) is 9.90 Å². The Bertz CT molecular complexity index is 404. The molecule has 0 bridgehead atoms. The molecule has 19 heavy (non-hydrogen) atoms. The predicted molar refractivity (Wildman–Crippen MR) is 76.1 cm³/mol. The van der Waals surface area contributed by atoms with Crippen molar-refractivity contribution >= 4 is 5.97 Å². The van der Waals surface area contributed by atoms with Crippen LogP contribution in [-0.4, -0.2) is 28.6 Å². The van der Waals surface area contributed by atoms with E-state index in [0.717, 1.165) is 31.4 Å². The summed E-state index contributed by atoms with van der Waals surface area (Å²) in [6, 6.07) is 9.52. The molecule has 3 heteroatoms. The van der Waals surface area contributed by atoms with Crippen LogP contribution in [0.25, 0.3) is 0 Å². The summed E-state index contributed by atoms with van der Waals surface area (Å²) in [7, 11) is 0. The third-order valence-electron chi connectivity index (χ3n) is 4.07. The maximum absolute atomic E-state index is 11.7. The second-order valence-electron chi connectivity index (χ2n) is 5.30. The van der Waals surface area contributed by atoms with E-state index in [1.54, 1.807) is 0 Å². The van der Waals surface area contributed by atoms with Gasteiger partial charge in [0.15, 0.2) is 0 Å². The lowest BCUT2D eigenvalue weighted by atomic mass is 10.0. The minimum absolute atomic E-state index is 0.392. The van der Waals surface area contributed by atoms with E-state index in [0.29, 0.717) is 6.04 Å². The normalized spacial score (nSPS) is 22.7. The molecule has 0 saturated carbocycles. The highest BCUT2D eigenvalue weighted by molar-refractivity contribution is 5.75. The molecule has 1 aliphatic rings. The molecule has 1 aliphatic heterocycles. The Balaban J connectivity index is 2.29. The summed E-state index contributed by atoms with van der Waals surface area (Å²) in [6.45, 7) is 3.05. The SMILES string of the molecule is CCC1CCCCCN1C(C(=O)O)c1ccccc1. The van der Waals surface area contributed by atoms with Crippen LogP contribution in [0.5, 0.6) is 0 Å². The molecule has 2 unspecified atom stereocenters. The van der Waals surface area contributed by atoms with Crippen molar-refractivity contribution in [1.29, 1.82) is 0 Å². The van der Waals surface area contributed by atoms with Gasteiger partial charge in [-0.1, -0.05) is 50.1 Å². The lowest BCUT2D eigenvalue weighted by Crippen LogP contribution is -2.41. The summed E-state index contributed by atoms with van der Waals surface area (Å²) in [5.74, 6) is -0.730. The monoisotopic (exact) mass is 261 g/mol.